The van der Waals surface area contributed by atoms with Crippen LogP contribution < -0.4 is 5.56 Å². The summed E-state index contributed by atoms with van der Waals surface area (Å²) >= 11 is 0. The fourth-order valence-electron chi connectivity index (χ4n) is 3.71. The van der Waals surface area contributed by atoms with Gasteiger partial charge in [0.2, 0.25) is 0 Å². The minimum atomic E-state index is -0.171. The van der Waals surface area contributed by atoms with E-state index in [2.05, 4.69) is 15.0 Å². The predicted octanol–water partition coefficient (Wildman–Crippen LogP) is 2.89. The number of amides is 1. The first kappa shape index (κ1) is 16.6. The standard InChI is InChI=1S/C20H22N4O2/c1-12-13(2)23-18(22-12)14-6-5-9-24(11-14)20(26)17-10-21-19(25)16-8-4-3-7-15(16)17/h3-4,7-8,10,14H,5-6,9,11H2,1-2H3,(H,21,25)(H,22,23). The molecule has 2 N–H and O–H groups in total. The number of pyridine rings is 1. The van der Waals surface area contributed by atoms with Gasteiger partial charge in [0.05, 0.1) is 11.3 Å². The van der Waals surface area contributed by atoms with Crippen LogP contribution in [0.2, 0.25) is 0 Å². The van der Waals surface area contributed by atoms with Gasteiger partial charge in [-0.1, -0.05) is 18.2 Å². The van der Waals surface area contributed by atoms with Crippen molar-refractivity contribution in [2.45, 2.75) is 32.6 Å². The first-order chi connectivity index (χ1) is 12.5. The van der Waals surface area contributed by atoms with Crippen LogP contribution in [0, 0.1) is 13.8 Å². The number of carbonyl (C=O) groups excluding carboxylic acids is 1. The number of aromatic nitrogens is 3. The highest BCUT2D eigenvalue weighted by molar-refractivity contribution is 6.06. The highest BCUT2D eigenvalue weighted by Gasteiger charge is 2.28. The maximum absolute atomic E-state index is 13.1. The number of nitrogens with zero attached hydrogens (tertiary/aromatic N) is 2. The van der Waals surface area contributed by atoms with E-state index < -0.39 is 0 Å². The largest absolute Gasteiger partial charge is 0.346 e. The fraction of sp³-hybridized carbons (Fsp3) is 0.350. The number of piperidine rings is 1. The van der Waals surface area contributed by atoms with Crippen LogP contribution in [0.1, 0.15) is 46.3 Å². The molecule has 0 spiro atoms. The highest BCUT2D eigenvalue weighted by atomic mass is 16.2. The Balaban J connectivity index is 1.64. The summed E-state index contributed by atoms with van der Waals surface area (Å²) in [7, 11) is 0. The van der Waals surface area contributed by atoms with Crippen molar-refractivity contribution in [3.8, 4) is 0 Å². The van der Waals surface area contributed by atoms with E-state index >= 15 is 0 Å². The molecule has 1 aromatic carbocycles. The summed E-state index contributed by atoms with van der Waals surface area (Å²) < 4.78 is 0. The lowest BCUT2D eigenvalue weighted by Gasteiger charge is -2.32. The molecule has 1 amide bonds. The van der Waals surface area contributed by atoms with Crippen LogP contribution in [0.15, 0.2) is 35.3 Å². The SMILES string of the molecule is Cc1nc(C2CCCN(C(=O)c3c[nH]c(=O)c4ccccc34)C2)[nH]c1C. The minimum absolute atomic E-state index is 0.0397. The molecular formula is C20H22N4O2. The van der Waals surface area contributed by atoms with Crippen molar-refractivity contribution < 1.29 is 4.79 Å². The third-order valence-electron chi connectivity index (χ3n) is 5.28. The van der Waals surface area contributed by atoms with Gasteiger partial charge in [-0.25, -0.2) is 4.98 Å². The molecule has 1 fully saturated rings. The molecule has 4 rings (SSSR count). The molecular weight excluding hydrogens is 328 g/mol. The van der Waals surface area contributed by atoms with Gasteiger partial charge in [0.1, 0.15) is 5.82 Å². The minimum Gasteiger partial charge on any atom is -0.346 e. The summed E-state index contributed by atoms with van der Waals surface area (Å²) in [6, 6.07) is 7.24. The van der Waals surface area contributed by atoms with E-state index in [4.69, 9.17) is 0 Å². The third kappa shape index (κ3) is 2.81. The van der Waals surface area contributed by atoms with E-state index in [0.717, 1.165) is 36.6 Å². The number of imidazole rings is 1. The van der Waals surface area contributed by atoms with Crippen molar-refractivity contribution in [1.82, 2.24) is 19.9 Å². The molecule has 0 aliphatic carbocycles. The second-order valence-electron chi connectivity index (χ2n) is 7.00. The Labute approximate surface area is 151 Å². The molecule has 0 saturated carbocycles. The van der Waals surface area contributed by atoms with E-state index in [9.17, 15) is 9.59 Å². The van der Waals surface area contributed by atoms with Crippen molar-refractivity contribution in [3.05, 3.63) is 63.6 Å². The Morgan fingerprint density at radius 2 is 2.00 bits per heavy atom. The molecule has 1 saturated heterocycles. The first-order valence-corrected chi connectivity index (χ1v) is 8.97. The van der Waals surface area contributed by atoms with Crippen LogP contribution in [-0.2, 0) is 0 Å². The lowest BCUT2D eigenvalue weighted by atomic mass is 9.96. The van der Waals surface area contributed by atoms with Crippen molar-refractivity contribution in [3.63, 3.8) is 0 Å². The van der Waals surface area contributed by atoms with Gasteiger partial charge in [0.15, 0.2) is 0 Å². The molecule has 0 bridgehead atoms. The van der Waals surface area contributed by atoms with Gasteiger partial charge in [-0.05, 0) is 32.8 Å². The number of carbonyl (C=O) groups is 1. The highest BCUT2D eigenvalue weighted by Crippen LogP contribution is 2.27. The van der Waals surface area contributed by atoms with Crippen molar-refractivity contribution in [2.24, 2.45) is 0 Å². The number of aryl methyl sites for hydroxylation is 2. The zero-order valence-electron chi connectivity index (χ0n) is 15.0. The average Bonchev–Trinajstić information content (AvgIpc) is 3.01. The van der Waals surface area contributed by atoms with E-state index in [1.165, 1.54) is 6.20 Å². The second-order valence-corrected chi connectivity index (χ2v) is 7.00. The fourth-order valence-corrected chi connectivity index (χ4v) is 3.71. The van der Waals surface area contributed by atoms with E-state index in [1.54, 1.807) is 6.07 Å². The Bertz CT molecular complexity index is 1010. The third-order valence-corrected chi connectivity index (χ3v) is 5.28. The van der Waals surface area contributed by atoms with E-state index in [-0.39, 0.29) is 17.4 Å². The summed E-state index contributed by atoms with van der Waals surface area (Å²) in [4.78, 5) is 37.7. The molecule has 1 unspecified atom stereocenters. The lowest BCUT2D eigenvalue weighted by molar-refractivity contribution is 0.0706. The summed E-state index contributed by atoms with van der Waals surface area (Å²) in [6.07, 6.45) is 3.50. The summed E-state index contributed by atoms with van der Waals surface area (Å²) in [5.41, 5.74) is 2.47. The number of hydrogen-bond donors (Lipinski definition) is 2. The van der Waals surface area contributed by atoms with Gasteiger partial charge in [-0.2, -0.15) is 0 Å². The molecule has 2 aromatic heterocycles. The molecule has 1 aliphatic rings. The van der Waals surface area contributed by atoms with Gasteiger partial charge >= 0.3 is 0 Å². The predicted molar refractivity (Wildman–Crippen MR) is 101 cm³/mol. The molecule has 6 heteroatoms. The quantitative estimate of drug-likeness (QED) is 0.745. The monoisotopic (exact) mass is 350 g/mol. The number of aromatic amines is 2. The zero-order chi connectivity index (χ0) is 18.3. The smallest absolute Gasteiger partial charge is 0.255 e. The number of rotatable bonds is 2. The van der Waals surface area contributed by atoms with Crippen LogP contribution in [0.3, 0.4) is 0 Å². The lowest BCUT2D eigenvalue weighted by Crippen LogP contribution is -2.39. The van der Waals surface area contributed by atoms with Crippen LogP contribution in [0.4, 0.5) is 0 Å². The molecule has 3 heterocycles. The Morgan fingerprint density at radius 1 is 1.23 bits per heavy atom. The Hall–Kier alpha value is -2.89. The first-order valence-electron chi connectivity index (χ1n) is 8.97. The van der Waals surface area contributed by atoms with Gasteiger partial charge in [0.25, 0.3) is 11.5 Å². The van der Waals surface area contributed by atoms with E-state index in [1.807, 2.05) is 36.9 Å². The summed E-state index contributed by atoms with van der Waals surface area (Å²) in [6.45, 7) is 5.37. The molecule has 1 atom stereocenters. The van der Waals surface area contributed by atoms with Crippen LogP contribution in [0.25, 0.3) is 10.8 Å². The normalized spacial score (nSPS) is 17.6. The second kappa shape index (κ2) is 6.44. The number of fused-ring (bicyclic) bond motifs is 1. The van der Waals surface area contributed by atoms with Crippen molar-refractivity contribution in [1.29, 1.82) is 0 Å². The number of H-pyrrole nitrogens is 2. The molecule has 134 valence electrons. The zero-order valence-corrected chi connectivity index (χ0v) is 15.0. The van der Waals surface area contributed by atoms with Crippen molar-refractivity contribution in [2.75, 3.05) is 13.1 Å². The van der Waals surface area contributed by atoms with Gasteiger partial charge in [-0.3, -0.25) is 9.59 Å². The number of likely N-dealkylation sites (tertiary alicyclic amines) is 1. The molecule has 1 aliphatic heterocycles. The molecule has 0 radical (unpaired) electrons. The van der Waals surface area contributed by atoms with Gasteiger partial charge in [0, 0.05) is 41.7 Å². The Kier molecular flexibility index (Phi) is 4.11. The van der Waals surface area contributed by atoms with Gasteiger partial charge < -0.3 is 14.9 Å². The maximum Gasteiger partial charge on any atom is 0.255 e. The van der Waals surface area contributed by atoms with Crippen LogP contribution in [0.5, 0.6) is 0 Å². The van der Waals surface area contributed by atoms with Crippen LogP contribution in [-0.4, -0.2) is 38.8 Å². The van der Waals surface area contributed by atoms with Gasteiger partial charge in [-0.15, -0.1) is 0 Å². The molecule has 3 aromatic rings. The summed E-state index contributed by atoms with van der Waals surface area (Å²) in [5.74, 6) is 1.14. The maximum atomic E-state index is 13.1. The average molecular weight is 350 g/mol. The van der Waals surface area contributed by atoms with Crippen LogP contribution >= 0.6 is 0 Å². The number of nitrogens with one attached hydrogen (secondary N) is 2. The topological polar surface area (TPSA) is 81.8 Å². The number of benzene rings is 1. The van der Waals surface area contributed by atoms with Crippen molar-refractivity contribution >= 4 is 16.7 Å². The Morgan fingerprint density at radius 3 is 2.73 bits per heavy atom. The summed E-state index contributed by atoms with van der Waals surface area (Å²) in [5, 5.41) is 1.25. The molecule has 26 heavy (non-hydrogen) atoms. The molecule has 6 nitrogen and oxygen atoms in total. The number of hydrogen-bond acceptors (Lipinski definition) is 3. The van der Waals surface area contributed by atoms with E-state index in [0.29, 0.717) is 22.9 Å².